The van der Waals surface area contributed by atoms with Crippen molar-refractivity contribution in [2.45, 2.75) is 31.3 Å². The van der Waals surface area contributed by atoms with Crippen LogP contribution in [0.25, 0.3) is 0 Å². The number of amides is 6. The maximum absolute atomic E-state index is 12.6. The lowest BCUT2D eigenvalue weighted by atomic mass is 9.88. The molecule has 2 atom stereocenters. The van der Waals surface area contributed by atoms with E-state index in [1.165, 1.54) is 4.90 Å². The minimum atomic E-state index is -0.984. The zero-order valence-corrected chi connectivity index (χ0v) is 23.7. The molecule has 4 aromatic rings. The van der Waals surface area contributed by atoms with Crippen molar-refractivity contribution in [3.8, 4) is 0 Å². The van der Waals surface area contributed by atoms with E-state index < -0.39 is 41.5 Å². The SMILES string of the molecule is O=C1CC(=O)N(Cc2ccccc2)C(=O)C1c1ccccc1.O=C1NC(=O)N(Cc2ccccc2)C(=O)C1c1ccccc1. The minimum Gasteiger partial charge on any atom is -0.298 e. The summed E-state index contributed by atoms with van der Waals surface area (Å²) in [4.78, 5) is 75.7. The van der Waals surface area contributed by atoms with Crippen LogP contribution in [0, 0.1) is 0 Å². The van der Waals surface area contributed by atoms with E-state index in [2.05, 4.69) is 5.32 Å². The van der Waals surface area contributed by atoms with Gasteiger partial charge in [-0.15, -0.1) is 0 Å². The number of piperidine rings is 1. The first-order valence-corrected chi connectivity index (χ1v) is 14.0. The summed E-state index contributed by atoms with van der Waals surface area (Å²) < 4.78 is 0. The fourth-order valence-electron chi connectivity index (χ4n) is 5.14. The van der Waals surface area contributed by atoms with Gasteiger partial charge in [0.1, 0.15) is 11.8 Å². The molecule has 2 fully saturated rings. The van der Waals surface area contributed by atoms with Gasteiger partial charge in [-0.05, 0) is 22.3 Å². The molecule has 2 saturated heterocycles. The molecule has 9 heteroatoms. The van der Waals surface area contributed by atoms with Crippen molar-refractivity contribution < 1.29 is 28.8 Å². The summed E-state index contributed by atoms with van der Waals surface area (Å²) in [5, 5.41) is 2.26. The maximum atomic E-state index is 12.6. The highest BCUT2D eigenvalue weighted by atomic mass is 16.2. The molecule has 2 aliphatic heterocycles. The van der Waals surface area contributed by atoms with Gasteiger partial charge in [-0.2, -0.15) is 0 Å². The number of benzene rings is 4. The smallest absolute Gasteiger partial charge is 0.298 e. The third-order valence-corrected chi connectivity index (χ3v) is 7.34. The van der Waals surface area contributed by atoms with Crippen LogP contribution in [0.3, 0.4) is 0 Å². The number of nitrogens with one attached hydrogen (secondary N) is 1. The monoisotopic (exact) mass is 587 g/mol. The van der Waals surface area contributed by atoms with Gasteiger partial charge in [-0.1, -0.05) is 121 Å². The van der Waals surface area contributed by atoms with Crippen molar-refractivity contribution in [3.05, 3.63) is 144 Å². The van der Waals surface area contributed by atoms with Gasteiger partial charge in [0.2, 0.25) is 23.6 Å². The third-order valence-electron chi connectivity index (χ3n) is 7.34. The van der Waals surface area contributed by atoms with Gasteiger partial charge in [-0.3, -0.25) is 39.1 Å². The number of barbiturate groups is 1. The summed E-state index contributed by atoms with van der Waals surface area (Å²) in [5.74, 6) is -4.12. The molecule has 0 spiro atoms. The first-order chi connectivity index (χ1) is 21.3. The van der Waals surface area contributed by atoms with E-state index in [9.17, 15) is 28.8 Å². The van der Waals surface area contributed by atoms with E-state index in [0.717, 1.165) is 16.0 Å². The number of imide groups is 3. The van der Waals surface area contributed by atoms with Gasteiger partial charge in [0.15, 0.2) is 5.78 Å². The summed E-state index contributed by atoms with van der Waals surface area (Å²) in [6.07, 6.45) is -0.224. The molecule has 4 aromatic carbocycles. The van der Waals surface area contributed by atoms with Crippen LogP contribution < -0.4 is 5.32 Å². The fraction of sp³-hybridized carbons (Fsp3) is 0.143. The topological polar surface area (TPSA) is 121 Å². The number of carbonyl (C=O) groups is 6. The lowest BCUT2D eigenvalue weighted by Gasteiger charge is -2.30. The van der Waals surface area contributed by atoms with E-state index in [1.807, 2.05) is 72.8 Å². The Hall–Kier alpha value is -5.70. The highest BCUT2D eigenvalue weighted by Gasteiger charge is 2.42. The van der Waals surface area contributed by atoms with Crippen LogP contribution in [-0.4, -0.2) is 45.2 Å². The number of carbonyl (C=O) groups excluding carboxylic acids is 6. The molecule has 6 amide bonds. The van der Waals surface area contributed by atoms with Crippen LogP contribution in [0.15, 0.2) is 121 Å². The van der Waals surface area contributed by atoms with Crippen LogP contribution in [0.4, 0.5) is 4.79 Å². The molecule has 1 N–H and O–H groups in total. The highest BCUT2D eigenvalue weighted by molar-refractivity contribution is 6.21. The average Bonchev–Trinajstić information content (AvgIpc) is 3.03. The second-order valence-electron chi connectivity index (χ2n) is 10.3. The summed E-state index contributed by atoms with van der Waals surface area (Å²) in [6, 6.07) is 35.4. The van der Waals surface area contributed by atoms with E-state index in [1.54, 1.807) is 48.5 Å². The van der Waals surface area contributed by atoms with Gasteiger partial charge in [0.05, 0.1) is 19.5 Å². The normalized spacial score (nSPS) is 18.5. The van der Waals surface area contributed by atoms with E-state index in [4.69, 9.17) is 0 Å². The van der Waals surface area contributed by atoms with E-state index in [-0.39, 0.29) is 25.3 Å². The number of hydrogen-bond acceptors (Lipinski definition) is 6. The van der Waals surface area contributed by atoms with Crippen molar-refractivity contribution in [2.75, 3.05) is 0 Å². The van der Waals surface area contributed by atoms with Gasteiger partial charge in [-0.25, -0.2) is 4.79 Å². The first-order valence-electron chi connectivity index (χ1n) is 14.0. The number of rotatable bonds is 6. The van der Waals surface area contributed by atoms with Gasteiger partial charge < -0.3 is 0 Å². The van der Waals surface area contributed by atoms with Crippen molar-refractivity contribution in [3.63, 3.8) is 0 Å². The van der Waals surface area contributed by atoms with Crippen molar-refractivity contribution in [2.24, 2.45) is 0 Å². The average molecular weight is 588 g/mol. The van der Waals surface area contributed by atoms with E-state index >= 15 is 0 Å². The Kier molecular flexibility index (Phi) is 9.15. The Labute approximate surface area is 254 Å². The van der Waals surface area contributed by atoms with Gasteiger partial charge in [0, 0.05) is 0 Å². The van der Waals surface area contributed by atoms with Crippen LogP contribution in [0.5, 0.6) is 0 Å². The molecule has 0 saturated carbocycles. The lowest BCUT2D eigenvalue weighted by molar-refractivity contribution is -0.154. The quantitative estimate of drug-likeness (QED) is 0.265. The first kappa shape index (κ1) is 29.8. The van der Waals surface area contributed by atoms with Gasteiger partial charge >= 0.3 is 6.03 Å². The lowest BCUT2D eigenvalue weighted by Crippen LogP contribution is -2.56. The molecule has 0 aromatic heterocycles. The van der Waals surface area contributed by atoms with Crippen molar-refractivity contribution >= 4 is 35.4 Å². The predicted molar refractivity (Wildman–Crippen MR) is 161 cm³/mol. The Bertz CT molecular complexity index is 1550. The summed E-state index contributed by atoms with van der Waals surface area (Å²) >= 11 is 0. The molecular weight excluding hydrogens is 558 g/mol. The van der Waals surface area contributed by atoms with Crippen LogP contribution in [0.2, 0.25) is 0 Å². The zero-order valence-electron chi connectivity index (χ0n) is 23.7. The third kappa shape index (κ3) is 6.68. The molecule has 6 rings (SSSR count). The molecular formula is C35H29N3O6. The zero-order chi connectivity index (χ0) is 31.1. The Morgan fingerprint density at radius 3 is 1.43 bits per heavy atom. The summed E-state index contributed by atoms with van der Waals surface area (Å²) in [7, 11) is 0. The fourth-order valence-corrected chi connectivity index (χ4v) is 5.14. The maximum Gasteiger partial charge on any atom is 0.331 e. The van der Waals surface area contributed by atoms with Crippen molar-refractivity contribution in [1.82, 2.24) is 15.1 Å². The molecule has 0 bridgehead atoms. The van der Waals surface area contributed by atoms with Crippen LogP contribution in [0.1, 0.15) is 40.5 Å². The standard InChI is InChI=1S/C18H15NO3.C17H14N2O3/c20-15-11-16(21)19(12-13-7-3-1-4-8-13)18(22)17(15)14-9-5-2-6-10-14;20-15-14(13-9-5-2-6-10-13)16(21)19(17(22)18-15)11-12-7-3-1-4-8-12/h1-10,17H,11-12H2;1-10,14H,11H2,(H,18,20,22). The van der Waals surface area contributed by atoms with Gasteiger partial charge in [0.25, 0.3) is 0 Å². The molecule has 9 nitrogen and oxygen atoms in total. The summed E-state index contributed by atoms with van der Waals surface area (Å²) in [6.45, 7) is 0.344. The molecule has 2 aliphatic rings. The van der Waals surface area contributed by atoms with Crippen molar-refractivity contribution in [1.29, 1.82) is 0 Å². The number of urea groups is 1. The van der Waals surface area contributed by atoms with Crippen LogP contribution >= 0.6 is 0 Å². The number of Topliss-reactive ketones (excluding diaryl/α,β-unsaturated/α-hetero) is 1. The van der Waals surface area contributed by atoms with Crippen LogP contribution in [-0.2, 0) is 37.1 Å². The largest absolute Gasteiger partial charge is 0.331 e. The molecule has 2 unspecified atom stereocenters. The Morgan fingerprint density at radius 1 is 0.523 bits per heavy atom. The highest BCUT2D eigenvalue weighted by Crippen LogP contribution is 2.27. The molecule has 44 heavy (non-hydrogen) atoms. The summed E-state index contributed by atoms with van der Waals surface area (Å²) in [5.41, 5.74) is 2.91. The molecule has 0 radical (unpaired) electrons. The second-order valence-corrected chi connectivity index (χ2v) is 10.3. The second kappa shape index (κ2) is 13.5. The predicted octanol–water partition coefficient (Wildman–Crippen LogP) is 4.35. The number of hydrogen-bond donors (Lipinski definition) is 1. The number of nitrogens with zero attached hydrogens (tertiary/aromatic N) is 2. The Balaban J connectivity index is 0.000000175. The molecule has 2 heterocycles. The molecule has 220 valence electrons. The minimum absolute atomic E-state index is 0.141. The number of ketones is 1. The Morgan fingerprint density at radius 2 is 0.932 bits per heavy atom. The number of likely N-dealkylation sites (tertiary alicyclic amines) is 1. The van der Waals surface area contributed by atoms with E-state index in [0.29, 0.717) is 11.1 Å². The molecule has 0 aliphatic carbocycles.